The second-order valence-electron chi connectivity index (χ2n) is 9.19. The molecule has 1 fully saturated rings. The van der Waals surface area contributed by atoms with Crippen molar-refractivity contribution >= 4 is 17.5 Å². The molecule has 2 amide bonds. The number of hydrogen-bond donors (Lipinski definition) is 2. The highest BCUT2D eigenvalue weighted by molar-refractivity contribution is 5.93. The van der Waals surface area contributed by atoms with E-state index in [-0.39, 0.29) is 30.1 Å². The molecule has 1 aliphatic heterocycles. The summed E-state index contributed by atoms with van der Waals surface area (Å²) in [5.41, 5.74) is 4.67. The Kier molecular flexibility index (Phi) is 7.60. The molecule has 2 aromatic carbocycles. The van der Waals surface area contributed by atoms with Crippen molar-refractivity contribution in [3.8, 4) is 5.69 Å². The lowest BCUT2D eigenvalue weighted by molar-refractivity contribution is -0.126. The minimum absolute atomic E-state index is 0.0188. The zero-order valence-electron chi connectivity index (χ0n) is 20.5. The van der Waals surface area contributed by atoms with Crippen LogP contribution in [0.15, 0.2) is 48.5 Å². The van der Waals surface area contributed by atoms with Gasteiger partial charge in [0.1, 0.15) is 5.82 Å². The Hall–Kier alpha value is -3.52. The average Bonchev–Trinajstić information content (AvgIpc) is 3.14. The molecule has 0 unspecified atom stereocenters. The van der Waals surface area contributed by atoms with Gasteiger partial charge in [-0.2, -0.15) is 5.10 Å². The molecule has 7 nitrogen and oxygen atoms in total. The number of amides is 2. The van der Waals surface area contributed by atoms with Gasteiger partial charge in [-0.1, -0.05) is 30.3 Å². The van der Waals surface area contributed by atoms with Gasteiger partial charge < -0.3 is 10.6 Å². The molecule has 0 aliphatic carbocycles. The summed E-state index contributed by atoms with van der Waals surface area (Å²) in [7, 11) is 0. The number of carbonyl (C=O) groups is 2. The van der Waals surface area contributed by atoms with E-state index in [4.69, 9.17) is 0 Å². The van der Waals surface area contributed by atoms with Gasteiger partial charge in [-0.05, 0) is 76.0 Å². The van der Waals surface area contributed by atoms with E-state index in [1.165, 1.54) is 6.07 Å². The number of nitrogens with one attached hydrogen (secondary N) is 2. The molecule has 1 saturated heterocycles. The van der Waals surface area contributed by atoms with Crippen LogP contribution in [0, 0.1) is 32.5 Å². The van der Waals surface area contributed by atoms with Crippen LogP contribution in [-0.4, -0.2) is 46.1 Å². The molecule has 184 valence electrons. The highest BCUT2D eigenvalue weighted by atomic mass is 19.1. The molecule has 0 bridgehead atoms. The van der Waals surface area contributed by atoms with Crippen molar-refractivity contribution in [2.24, 2.45) is 5.92 Å². The maximum absolute atomic E-state index is 13.7. The summed E-state index contributed by atoms with van der Waals surface area (Å²) >= 11 is 0. The van der Waals surface area contributed by atoms with E-state index < -0.39 is 0 Å². The first-order chi connectivity index (χ1) is 16.8. The Morgan fingerprint density at radius 2 is 1.77 bits per heavy atom. The van der Waals surface area contributed by atoms with Crippen LogP contribution >= 0.6 is 0 Å². The molecular formula is C27H32FN5O2. The van der Waals surface area contributed by atoms with Crippen molar-refractivity contribution in [3.05, 3.63) is 76.9 Å². The van der Waals surface area contributed by atoms with Crippen molar-refractivity contribution in [1.82, 2.24) is 20.0 Å². The first kappa shape index (κ1) is 24.6. The van der Waals surface area contributed by atoms with Crippen LogP contribution in [0.25, 0.3) is 5.69 Å². The quantitative estimate of drug-likeness (QED) is 0.541. The fraction of sp³-hybridized carbons (Fsp3) is 0.370. The monoisotopic (exact) mass is 477 g/mol. The maximum atomic E-state index is 13.7. The van der Waals surface area contributed by atoms with Gasteiger partial charge in [0.2, 0.25) is 11.8 Å². The molecule has 0 spiro atoms. The molecule has 0 radical (unpaired) electrons. The second-order valence-corrected chi connectivity index (χ2v) is 9.19. The summed E-state index contributed by atoms with van der Waals surface area (Å²) in [4.78, 5) is 27.4. The predicted octanol–water partition coefficient (Wildman–Crippen LogP) is 3.90. The van der Waals surface area contributed by atoms with E-state index >= 15 is 0 Å². The predicted molar refractivity (Wildman–Crippen MR) is 134 cm³/mol. The van der Waals surface area contributed by atoms with Crippen molar-refractivity contribution < 1.29 is 14.0 Å². The minimum atomic E-state index is -0.263. The summed E-state index contributed by atoms with van der Waals surface area (Å²) in [6, 6.07) is 14.8. The minimum Gasteiger partial charge on any atom is -0.352 e. The van der Waals surface area contributed by atoms with Gasteiger partial charge >= 0.3 is 0 Å². The number of rotatable bonds is 7. The molecule has 35 heavy (non-hydrogen) atoms. The van der Waals surface area contributed by atoms with Crippen LogP contribution in [-0.2, 0) is 16.1 Å². The highest BCUT2D eigenvalue weighted by Crippen LogP contribution is 2.23. The third kappa shape index (κ3) is 5.95. The van der Waals surface area contributed by atoms with Crippen LogP contribution in [0.1, 0.15) is 35.4 Å². The topological polar surface area (TPSA) is 79.3 Å². The molecular weight excluding hydrogens is 445 g/mol. The standard InChI is InChI=1S/C27H32FN5O2/c1-18-9-10-21(15-24(18)28)16-29-27(35)22-11-13-32(14-12-22)17-25(34)30-26-19(2)31-33(20(26)3)23-7-5-4-6-8-23/h4-10,15,22H,11-14,16-17H2,1-3H3,(H,29,35)(H,30,34). The smallest absolute Gasteiger partial charge is 0.238 e. The molecule has 2 heterocycles. The number of anilines is 1. The largest absolute Gasteiger partial charge is 0.352 e. The Morgan fingerprint density at radius 3 is 2.46 bits per heavy atom. The van der Waals surface area contributed by atoms with E-state index in [9.17, 15) is 14.0 Å². The number of aromatic nitrogens is 2. The van der Waals surface area contributed by atoms with Gasteiger partial charge in [0.15, 0.2) is 0 Å². The number of benzene rings is 2. The van der Waals surface area contributed by atoms with Gasteiger partial charge in [0, 0.05) is 12.5 Å². The lowest BCUT2D eigenvalue weighted by atomic mass is 9.95. The molecule has 0 atom stereocenters. The van der Waals surface area contributed by atoms with Gasteiger partial charge in [0.25, 0.3) is 0 Å². The highest BCUT2D eigenvalue weighted by Gasteiger charge is 2.26. The van der Waals surface area contributed by atoms with E-state index in [0.29, 0.717) is 38.0 Å². The summed E-state index contributed by atoms with van der Waals surface area (Å²) in [5, 5.41) is 10.5. The molecule has 4 rings (SSSR count). The van der Waals surface area contributed by atoms with Crippen molar-refractivity contribution in [3.63, 3.8) is 0 Å². The Morgan fingerprint density at radius 1 is 1.06 bits per heavy atom. The lowest BCUT2D eigenvalue weighted by Gasteiger charge is -2.30. The summed E-state index contributed by atoms with van der Waals surface area (Å²) in [6.45, 7) is 7.47. The Bertz CT molecular complexity index is 1200. The molecule has 8 heteroatoms. The molecule has 3 aromatic rings. The number of halogens is 1. The normalized spacial score (nSPS) is 14.6. The maximum Gasteiger partial charge on any atom is 0.238 e. The number of aryl methyl sites for hydroxylation is 2. The summed E-state index contributed by atoms with van der Waals surface area (Å²) in [5.74, 6) is -0.470. The second kappa shape index (κ2) is 10.8. The molecule has 1 aliphatic rings. The van der Waals surface area contributed by atoms with E-state index in [1.807, 2.05) is 54.9 Å². The molecule has 1 aromatic heterocycles. The van der Waals surface area contributed by atoms with Gasteiger partial charge in [-0.25, -0.2) is 9.07 Å². The summed E-state index contributed by atoms with van der Waals surface area (Å²) in [6.07, 6.45) is 1.37. The van der Waals surface area contributed by atoms with E-state index in [0.717, 1.165) is 28.3 Å². The van der Waals surface area contributed by atoms with Crippen LogP contribution in [0.3, 0.4) is 0 Å². The van der Waals surface area contributed by atoms with Crippen LogP contribution < -0.4 is 10.6 Å². The van der Waals surface area contributed by atoms with Gasteiger partial charge in [-0.15, -0.1) is 0 Å². The average molecular weight is 478 g/mol. The lowest BCUT2D eigenvalue weighted by Crippen LogP contribution is -2.43. The first-order valence-electron chi connectivity index (χ1n) is 12.0. The number of hydrogen-bond acceptors (Lipinski definition) is 4. The zero-order valence-corrected chi connectivity index (χ0v) is 20.5. The van der Waals surface area contributed by atoms with Gasteiger partial charge in [-0.3, -0.25) is 14.5 Å². The summed E-state index contributed by atoms with van der Waals surface area (Å²) < 4.78 is 15.5. The number of likely N-dealkylation sites (tertiary alicyclic amines) is 1. The van der Waals surface area contributed by atoms with Crippen LogP contribution in [0.2, 0.25) is 0 Å². The Labute approximate surface area is 205 Å². The molecule has 0 saturated carbocycles. The fourth-order valence-electron chi connectivity index (χ4n) is 4.46. The zero-order chi connectivity index (χ0) is 24.9. The SMILES string of the molecule is Cc1ccc(CNC(=O)C2CCN(CC(=O)Nc3c(C)nn(-c4ccccc4)c3C)CC2)cc1F. The number of para-hydroxylation sites is 1. The van der Waals surface area contributed by atoms with Gasteiger partial charge in [0.05, 0.1) is 29.3 Å². The molecule has 2 N–H and O–H groups in total. The Balaban J connectivity index is 1.25. The first-order valence-corrected chi connectivity index (χ1v) is 12.0. The van der Waals surface area contributed by atoms with Crippen molar-refractivity contribution in [2.75, 3.05) is 25.0 Å². The van der Waals surface area contributed by atoms with Crippen molar-refractivity contribution in [2.45, 2.75) is 40.2 Å². The van der Waals surface area contributed by atoms with Crippen LogP contribution in [0.5, 0.6) is 0 Å². The third-order valence-corrected chi connectivity index (χ3v) is 6.59. The number of piperidine rings is 1. The number of nitrogens with zero attached hydrogens (tertiary/aromatic N) is 3. The fourth-order valence-corrected chi connectivity index (χ4v) is 4.46. The third-order valence-electron chi connectivity index (χ3n) is 6.59. The van der Waals surface area contributed by atoms with Crippen molar-refractivity contribution in [1.29, 1.82) is 0 Å². The number of carbonyl (C=O) groups excluding carboxylic acids is 2. The van der Waals surface area contributed by atoms with E-state index in [2.05, 4.69) is 20.6 Å². The van der Waals surface area contributed by atoms with E-state index in [1.54, 1.807) is 13.0 Å². The van der Waals surface area contributed by atoms with Crippen LogP contribution in [0.4, 0.5) is 10.1 Å².